The van der Waals surface area contributed by atoms with E-state index in [-0.39, 0.29) is 24.7 Å². The van der Waals surface area contributed by atoms with Crippen molar-refractivity contribution in [1.82, 2.24) is 9.88 Å². The zero-order chi connectivity index (χ0) is 26.1. The Labute approximate surface area is 208 Å². The Morgan fingerprint density at radius 1 is 1.11 bits per heavy atom. The highest BCUT2D eigenvalue weighted by atomic mass is 19.3. The molecule has 194 valence electrons. The fourth-order valence-corrected chi connectivity index (χ4v) is 5.61. The number of rotatable bonds is 5. The van der Waals surface area contributed by atoms with Gasteiger partial charge in [-0.25, -0.2) is 22.4 Å². The van der Waals surface area contributed by atoms with Crippen LogP contribution in [-0.2, 0) is 13.0 Å². The van der Waals surface area contributed by atoms with Crippen LogP contribution in [0.3, 0.4) is 0 Å². The highest BCUT2D eigenvalue weighted by Crippen LogP contribution is 2.57. The number of carboxylic acid groups (broad SMARTS) is 1. The Balaban J connectivity index is 0.000000286. The Morgan fingerprint density at radius 2 is 1.75 bits per heavy atom. The molecule has 1 spiro atoms. The molecular weight excluding hydrogens is 472 g/mol. The van der Waals surface area contributed by atoms with Gasteiger partial charge in [0.05, 0.1) is 5.56 Å². The molecule has 0 atom stereocenters. The van der Waals surface area contributed by atoms with Crippen LogP contribution >= 0.6 is 0 Å². The molecular formula is C28H32F4N2O2. The number of carbonyl (C=O) groups is 1. The topological polar surface area (TPSA) is 56.3 Å². The molecule has 5 rings (SSSR count). The first-order valence-electron chi connectivity index (χ1n) is 12.2. The van der Waals surface area contributed by atoms with Crippen LogP contribution in [0.15, 0.2) is 48.7 Å². The molecule has 36 heavy (non-hydrogen) atoms. The number of alkyl halides is 4. The fraction of sp³-hybridized carbons (Fsp3) is 0.464. The van der Waals surface area contributed by atoms with Crippen molar-refractivity contribution in [2.24, 2.45) is 5.41 Å². The summed E-state index contributed by atoms with van der Waals surface area (Å²) in [5.74, 6) is -6.14. The maximum atomic E-state index is 13.8. The molecule has 2 heterocycles. The van der Waals surface area contributed by atoms with E-state index in [1.165, 1.54) is 0 Å². The fourth-order valence-electron chi connectivity index (χ4n) is 5.61. The van der Waals surface area contributed by atoms with Crippen molar-refractivity contribution in [3.05, 3.63) is 70.9 Å². The third-order valence-corrected chi connectivity index (χ3v) is 7.33. The van der Waals surface area contributed by atoms with E-state index in [9.17, 15) is 22.4 Å². The smallest absolute Gasteiger partial charge is 0.335 e. The summed E-state index contributed by atoms with van der Waals surface area (Å²) in [6.45, 7) is 4.97. The van der Waals surface area contributed by atoms with E-state index in [4.69, 9.17) is 5.11 Å². The molecule has 1 aliphatic heterocycles. The summed E-state index contributed by atoms with van der Waals surface area (Å²) in [6, 6.07) is 12.1. The Hall–Kier alpha value is -2.87. The first-order chi connectivity index (χ1) is 16.9. The number of aromatic amines is 1. The summed E-state index contributed by atoms with van der Waals surface area (Å²) in [5, 5.41) is 9.38. The molecule has 2 aliphatic rings. The van der Waals surface area contributed by atoms with E-state index in [0.717, 1.165) is 54.9 Å². The molecule has 1 aromatic heterocycles. The number of aromatic carboxylic acids is 1. The lowest BCUT2D eigenvalue weighted by Crippen LogP contribution is -2.52. The van der Waals surface area contributed by atoms with E-state index in [0.29, 0.717) is 17.7 Å². The van der Waals surface area contributed by atoms with E-state index >= 15 is 0 Å². The quantitative estimate of drug-likeness (QED) is 0.366. The first-order valence-corrected chi connectivity index (χ1v) is 12.2. The van der Waals surface area contributed by atoms with Crippen molar-refractivity contribution in [3.63, 3.8) is 0 Å². The van der Waals surface area contributed by atoms with E-state index in [1.54, 1.807) is 30.3 Å². The summed E-state index contributed by atoms with van der Waals surface area (Å²) >= 11 is 0. The predicted octanol–water partition coefficient (Wildman–Crippen LogP) is 7.07. The monoisotopic (exact) mass is 504 g/mol. The minimum atomic E-state index is -2.77. The third kappa shape index (κ3) is 6.09. The van der Waals surface area contributed by atoms with Crippen LogP contribution in [0.25, 0.3) is 10.9 Å². The van der Waals surface area contributed by atoms with Crippen LogP contribution in [0.2, 0.25) is 0 Å². The zero-order valence-corrected chi connectivity index (χ0v) is 20.6. The van der Waals surface area contributed by atoms with Gasteiger partial charge in [0.2, 0.25) is 11.8 Å². The normalized spacial score (nSPS) is 18.9. The van der Waals surface area contributed by atoms with Gasteiger partial charge in [-0.3, -0.25) is 4.90 Å². The molecule has 1 saturated carbocycles. The number of H-pyrrole nitrogens is 1. The number of piperidine rings is 1. The highest BCUT2D eigenvalue weighted by molar-refractivity contribution is 5.87. The van der Waals surface area contributed by atoms with Gasteiger partial charge in [0.25, 0.3) is 0 Å². The molecule has 2 aromatic carbocycles. The second-order valence-electron chi connectivity index (χ2n) is 10.5. The molecule has 2 N–H and O–H groups in total. The maximum absolute atomic E-state index is 13.8. The van der Waals surface area contributed by atoms with Crippen molar-refractivity contribution >= 4 is 16.9 Å². The number of nitrogens with one attached hydrogen (secondary N) is 1. The van der Waals surface area contributed by atoms with Crippen molar-refractivity contribution in [3.8, 4) is 0 Å². The predicted molar refractivity (Wildman–Crippen MR) is 132 cm³/mol. The van der Waals surface area contributed by atoms with Gasteiger partial charge < -0.3 is 10.1 Å². The van der Waals surface area contributed by atoms with E-state index in [1.807, 2.05) is 25.3 Å². The molecule has 2 fully saturated rings. The molecule has 0 amide bonds. The third-order valence-electron chi connectivity index (χ3n) is 7.33. The van der Waals surface area contributed by atoms with Gasteiger partial charge in [-0.2, -0.15) is 0 Å². The SMILES string of the molecule is Cc1cc(CC(C)(F)F)c(CN2CCC3(CC2)CC(F)(F)C3)c2cc[nH]c12.O=C(O)c1ccccc1. The van der Waals surface area contributed by atoms with Crippen molar-refractivity contribution in [1.29, 1.82) is 0 Å². The van der Waals surface area contributed by atoms with Gasteiger partial charge in [-0.1, -0.05) is 24.3 Å². The Kier molecular flexibility index (Phi) is 7.19. The maximum Gasteiger partial charge on any atom is 0.335 e. The summed E-state index contributed by atoms with van der Waals surface area (Å²) in [5.41, 5.74) is 3.71. The summed E-state index contributed by atoms with van der Waals surface area (Å²) < 4.78 is 54.1. The number of benzene rings is 2. The molecule has 3 aromatic rings. The lowest BCUT2D eigenvalue weighted by molar-refractivity contribution is -0.178. The number of halogens is 4. The van der Waals surface area contributed by atoms with Gasteiger partial charge in [-0.15, -0.1) is 0 Å². The lowest BCUT2D eigenvalue weighted by Gasteiger charge is -2.52. The Morgan fingerprint density at radius 3 is 2.28 bits per heavy atom. The second kappa shape index (κ2) is 9.88. The summed E-state index contributed by atoms with van der Waals surface area (Å²) in [6.07, 6.45) is 3.11. The summed E-state index contributed by atoms with van der Waals surface area (Å²) in [7, 11) is 0. The van der Waals surface area contributed by atoms with Crippen molar-refractivity contribution in [2.45, 2.75) is 64.3 Å². The number of aryl methyl sites for hydroxylation is 1. The van der Waals surface area contributed by atoms with E-state index in [2.05, 4.69) is 9.88 Å². The van der Waals surface area contributed by atoms with Crippen molar-refractivity contribution in [2.75, 3.05) is 13.1 Å². The van der Waals surface area contributed by atoms with Gasteiger partial charge in [0.1, 0.15) is 0 Å². The van der Waals surface area contributed by atoms with Gasteiger partial charge in [-0.05, 0) is 80.1 Å². The molecule has 8 heteroatoms. The van der Waals surface area contributed by atoms with Crippen LogP contribution in [0, 0.1) is 12.3 Å². The molecule has 4 nitrogen and oxygen atoms in total. The largest absolute Gasteiger partial charge is 0.478 e. The van der Waals surface area contributed by atoms with Gasteiger partial charge >= 0.3 is 5.97 Å². The average Bonchev–Trinajstić information content (AvgIpc) is 3.27. The van der Waals surface area contributed by atoms with Gasteiger partial charge in [0, 0.05) is 42.9 Å². The number of fused-ring (bicyclic) bond motifs is 1. The van der Waals surface area contributed by atoms with Crippen LogP contribution in [0.1, 0.15) is 59.7 Å². The minimum Gasteiger partial charge on any atom is -0.478 e. The molecule has 0 radical (unpaired) electrons. The number of hydrogen-bond donors (Lipinski definition) is 2. The van der Waals surface area contributed by atoms with Crippen LogP contribution in [0.4, 0.5) is 17.6 Å². The minimum absolute atomic E-state index is 0.00767. The Bertz CT molecular complexity index is 1200. The molecule has 1 aliphatic carbocycles. The van der Waals surface area contributed by atoms with Crippen molar-refractivity contribution < 1.29 is 27.5 Å². The molecule has 1 saturated heterocycles. The number of carboxylic acids is 1. The highest BCUT2D eigenvalue weighted by Gasteiger charge is 2.56. The molecule has 0 unspecified atom stereocenters. The number of nitrogens with zero attached hydrogens (tertiary/aromatic N) is 1. The van der Waals surface area contributed by atoms with Crippen LogP contribution < -0.4 is 0 Å². The lowest BCUT2D eigenvalue weighted by atomic mass is 9.61. The van der Waals surface area contributed by atoms with E-state index < -0.39 is 17.8 Å². The standard InChI is InChI=1S/C21H26F4N2.C7H6O2/c1-14-9-15(10-19(2,22)23)17(16-3-6-26-18(14)16)11-27-7-4-20(5-8-27)12-21(24,25)13-20;8-7(9)6-4-2-1-3-5-6/h3,6,9,26H,4-5,7-8,10-13H2,1-2H3;1-5H,(H,8,9). The number of hydrogen-bond acceptors (Lipinski definition) is 2. The number of aromatic nitrogens is 1. The summed E-state index contributed by atoms with van der Waals surface area (Å²) in [4.78, 5) is 15.6. The van der Waals surface area contributed by atoms with Gasteiger partial charge in [0.15, 0.2) is 0 Å². The first kappa shape index (κ1) is 26.2. The zero-order valence-electron chi connectivity index (χ0n) is 20.6. The second-order valence-corrected chi connectivity index (χ2v) is 10.5. The number of likely N-dealkylation sites (tertiary alicyclic amines) is 1. The van der Waals surface area contributed by atoms with Crippen LogP contribution in [0.5, 0.6) is 0 Å². The molecule has 0 bridgehead atoms. The van der Waals surface area contributed by atoms with Crippen LogP contribution in [-0.4, -0.2) is 45.9 Å². The average molecular weight is 505 g/mol.